The number of sulfonamides is 1. The van der Waals surface area contributed by atoms with Crippen molar-refractivity contribution in [2.24, 2.45) is 5.92 Å². The summed E-state index contributed by atoms with van der Waals surface area (Å²) in [6.45, 7) is 2.19. The van der Waals surface area contributed by atoms with E-state index in [1.165, 1.54) is 11.8 Å². The predicted octanol–water partition coefficient (Wildman–Crippen LogP) is 6.59. The number of aromatic hydroxyl groups is 1. The highest BCUT2D eigenvalue weighted by Crippen LogP contribution is 2.43. The number of thioether (sulfide) groups is 1. The Hall–Kier alpha value is -4.89. The Kier molecular flexibility index (Phi) is 10.8. The lowest BCUT2D eigenvalue weighted by atomic mass is 9.91. The number of phenolic OH excluding ortho intramolecular Hbond substituents is 1. The van der Waals surface area contributed by atoms with E-state index in [0.29, 0.717) is 10.9 Å². The van der Waals surface area contributed by atoms with Gasteiger partial charge >= 0.3 is 0 Å². The predicted molar refractivity (Wildman–Crippen MR) is 197 cm³/mol. The molecule has 0 spiro atoms. The van der Waals surface area contributed by atoms with Gasteiger partial charge in [-0.15, -0.1) is 5.10 Å². The third-order valence-corrected chi connectivity index (χ3v) is 11.5. The molecule has 0 bridgehead atoms. The van der Waals surface area contributed by atoms with Gasteiger partial charge in [-0.1, -0.05) is 110 Å². The number of benzene rings is 5. The fraction of sp³-hybridized carbons (Fsp3) is 0.205. The number of aliphatic hydroxyl groups is 1. The van der Waals surface area contributed by atoms with Crippen LogP contribution in [0.4, 0.5) is 0 Å². The number of rotatable bonds is 12. The van der Waals surface area contributed by atoms with Crippen molar-refractivity contribution < 1.29 is 28.1 Å². The average Bonchev–Trinajstić information content (AvgIpc) is 3.66. The Bertz CT molecular complexity index is 2200. The van der Waals surface area contributed by atoms with E-state index in [0.717, 1.165) is 39.1 Å². The molecule has 7 rings (SSSR count). The van der Waals surface area contributed by atoms with Gasteiger partial charge in [-0.2, -0.15) is 4.68 Å². The van der Waals surface area contributed by atoms with Crippen molar-refractivity contribution in [2.45, 2.75) is 48.6 Å². The first-order valence-corrected chi connectivity index (χ1v) is 19.2. The first-order valence-electron chi connectivity index (χ1n) is 16.7. The van der Waals surface area contributed by atoms with Crippen molar-refractivity contribution in [1.29, 1.82) is 0 Å². The van der Waals surface area contributed by atoms with E-state index in [1.54, 1.807) is 59.3 Å². The maximum Gasteiger partial charge on any atom is 0.240 e. The lowest BCUT2D eigenvalue weighted by Crippen LogP contribution is -2.38. The van der Waals surface area contributed by atoms with Gasteiger partial charge in [0.05, 0.1) is 29.4 Å². The molecular formula is C39H37N5O6S2. The van der Waals surface area contributed by atoms with E-state index >= 15 is 0 Å². The zero-order valence-corrected chi connectivity index (χ0v) is 29.8. The largest absolute Gasteiger partial charge is 0.508 e. The van der Waals surface area contributed by atoms with E-state index in [2.05, 4.69) is 27.2 Å². The van der Waals surface area contributed by atoms with E-state index in [-0.39, 0.29) is 41.9 Å². The van der Waals surface area contributed by atoms with Crippen LogP contribution in [0.5, 0.6) is 5.75 Å². The molecule has 0 aliphatic carbocycles. The lowest BCUT2D eigenvalue weighted by molar-refractivity contribution is -0.268. The summed E-state index contributed by atoms with van der Waals surface area (Å²) in [5.74, 6) is 0.644. The molecule has 0 amide bonds. The SMILES string of the molecule is C[C@H]1[C@@H](CSc2nnnn2-c2ccc(O)cc2)O[C@@H](c2ccc(-c3ccccc3CNS(=O)(=O)c3ccccc3)cc2)O[C@H]1c1ccc(CO)cc1. The first kappa shape index (κ1) is 35.5. The Morgan fingerprint density at radius 2 is 1.52 bits per heavy atom. The molecule has 5 aromatic carbocycles. The van der Waals surface area contributed by atoms with E-state index in [9.17, 15) is 18.6 Å². The summed E-state index contributed by atoms with van der Waals surface area (Å²) in [6.07, 6.45) is -1.24. The fourth-order valence-electron chi connectivity index (χ4n) is 6.12. The summed E-state index contributed by atoms with van der Waals surface area (Å²) >= 11 is 1.47. The second kappa shape index (κ2) is 15.8. The number of hydrogen-bond acceptors (Lipinski definition) is 10. The zero-order valence-electron chi connectivity index (χ0n) is 28.2. The monoisotopic (exact) mass is 735 g/mol. The average molecular weight is 736 g/mol. The van der Waals surface area contributed by atoms with Gasteiger partial charge in [-0.3, -0.25) is 0 Å². The van der Waals surface area contributed by atoms with Crippen molar-refractivity contribution in [3.8, 4) is 22.6 Å². The van der Waals surface area contributed by atoms with Crippen LogP contribution in [0, 0.1) is 5.92 Å². The van der Waals surface area contributed by atoms with Gasteiger partial charge in [0, 0.05) is 23.8 Å². The minimum absolute atomic E-state index is 0.0452. The summed E-state index contributed by atoms with van der Waals surface area (Å²) in [4.78, 5) is 0.217. The number of aromatic nitrogens is 4. The first-order chi connectivity index (χ1) is 25.3. The number of phenols is 1. The van der Waals surface area contributed by atoms with Crippen LogP contribution >= 0.6 is 11.8 Å². The molecule has 1 saturated heterocycles. The van der Waals surface area contributed by atoms with Crippen LogP contribution in [0.3, 0.4) is 0 Å². The molecule has 1 aromatic heterocycles. The number of nitrogens with one attached hydrogen (secondary N) is 1. The number of tetrazole rings is 1. The molecule has 1 aliphatic heterocycles. The van der Waals surface area contributed by atoms with Gasteiger partial charge < -0.3 is 19.7 Å². The Balaban J connectivity index is 1.11. The summed E-state index contributed by atoms with van der Waals surface area (Å²) in [5.41, 5.74) is 6.02. The summed E-state index contributed by atoms with van der Waals surface area (Å²) < 4.78 is 43.5. The third kappa shape index (κ3) is 7.94. The van der Waals surface area contributed by atoms with Gasteiger partial charge in [0.2, 0.25) is 15.2 Å². The number of nitrogens with zero attached hydrogens (tertiary/aromatic N) is 4. The zero-order chi connectivity index (χ0) is 36.1. The van der Waals surface area contributed by atoms with Gasteiger partial charge in [0.25, 0.3) is 0 Å². The summed E-state index contributed by atoms with van der Waals surface area (Å²) in [6, 6.07) is 38.4. The van der Waals surface area contributed by atoms with Crippen molar-refractivity contribution in [1.82, 2.24) is 24.9 Å². The molecule has 0 saturated carbocycles. The van der Waals surface area contributed by atoms with E-state index in [4.69, 9.17) is 9.47 Å². The molecule has 1 aliphatic rings. The van der Waals surface area contributed by atoms with Crippen molar-refractivity contribution in [3.63, 3.8) is 0 Å². The highest BCUT2D eigenvalue weighted by atomic mass is 32.2. The number of aliphatic hydroxyl groups excluding tert-OH is 1. The fourth-order valence-corrected chi connectivity index (χ4v) is 8.20. The molecule has 3 N–H and O–H groups in total. The minimum atomic E-state index is -3.68. The van der Waals surface area contributed by atoms with E-state index < -0.39 is 16.3 Å². The van der Waals surface area contributed by atoms with Crippen LogP contribution < -0.4 is 4.72 Å². The molecule has 2 heterocycles. The molecule has 52 heavy (non-hydrogen) atoms. The molecule has 11 nitrogen and oxygen atoms in total. The maximum absolute atomic E-state index is 12.9. The van der Waals surface area contributed by atoms with Crippen LogP contribution in [-0.4, -0.2) is 50.7 Å². The molecule has 13 heteroatoms. The summed E-state index contributed by atoms with van der Waals surface area (Å²) in [5, 5.41) is 32.2. The quantitative estimate of drug-likeness (QED) is 0.118. The summed E-state index contributed by atoms with van der Waals surface area (Å²) in [7, 11) is -3.68. The molecule has 0 radical (unpaired) electrons. The molecule has 4 atom stereocenters. The Morgan fingerprint density at radius 1 is 0.827 bits per heavy atom. The van der Waals surface area contributed by atoms with E-state index in [1.807, 2.05) is 72.8 Å². The van der Waals surface area contributed by atoms with Crippen molar-refractivity contribution >= 4 is 21.8 Å². The second-order valence-electron chi connectivity index (χ2n) is 12.4. The lowest BCUT2D eigenvalue weighted by Gasteiger charge is -2.41. The molecule has 1 fully saturated rings. The normalized spacial score (nSPS) is 19.0. The third-order valence-electron chi connectivity index (χ3n) is 9.05. The second-order valence-corrected chi connectivity index (χ2v) is 15.2. The topological polar surface area (TPSA) is 149 Å². The molecule has 266 valence electrons. The molecule has 0 unspecified atom stereocenters. The minimum Gasteiger partial charge on any atom is -0.508 e. The standard InChI is InChI=1S/C39H37N5O6S2/c1-26-36(25-51-39-41-42-43-44(39)32-19-21-33(46)22-20-32)49-38(50-37(26)29-13-11-27(24-45)12-14-29)30-17-15-28(16-18-30)35-10-6-5-7-31(35)23-40-52(47,48)34-8-3-2-4-9-34/h2-22,26,36-38,40,45-46H,23-25H2,1H3/t26-,36+,37+,38+/m0/s1. The van der Waals surface area contributed by atoms with Gasteiger partial charge in [-0.05, 0) is 74.6 Å². The van der Waals surface area contributed by atoms with Crippen molar-refractivity contribution in [3.05, 3.63) is 150 Å². The maximum atomic E-state index is 12.9. The van der Waals surface area contributed by atoms with Gasteiger partial charge in [-0.25, -0.2) is 13.1 Å². The highest BCUT2D eigenvalue weighted by Gasteiger charge is 2.38. The molecular weight excluding hydrogens is 699 g/mol. The molecule has 6 aromatic rings. The smallest absolute Gasteiger partial charge is 0.240 e. The Morgan fingerprint density at radius 3 is 2.25 bits per heavy atom. The number of ether oxygens (including phenoxy) is 2. The van der Waals surface area contributed by atoms with Gasteiger partial charge in [0.15, 0.2) is 6.29 Å². The van der Waals surface area contributed by atoms with Crippen LogP contribution in [0.25, 0.3) is 16.8 Å². The van der Waals surface area contributed by atoms with Gasteiger partial charge in [0.1, 0.15) is 5.75 Å². The Labute approximate surface area is 306 Å². The van der Waals surface area contributed by atoms with Crippen LogP contribution in [-0.2, 0) is 32.6 Å². The number of hydrogen-bond donors (Lipinski definition) is 3. The van der Waals surface area contributed by atoms with Crippen LogP contribution in [0.2, 0.25) is 0 Å². The van der Waals surface area contributed by atoms with Crippen LogP contribution in [0.1, 0.15) is 41.6 Å². The van der Waals surface area contributed by atoms with Crippen LogP contribution in [0.15, 0.2) is 137 Å². The highest BCUT2D eigenvalue weighted by molar-refractivity contribution is 7.99. The van der Waals surface area contributed by atoms with Crippen molar-refractivity contribution in [2.75, 3.05) is 5.75 Å².